The SMILES string of the molecule is CCCCCCCCCCCCCCCCCCNC(OP(=O)(O)OCC[N+](C)(C)C)C(O)COC. The third-order valence-corrected chi connectivity index (χ3v) is 7.33. The number of phosphoric acid groups is 1. The van der Waals surface area contributed by atoms with Crippen molar-refractivity contribution < 1.29 is 32.8 Å². The highest BCUT2D eigenvalue weighted by atomic mass is 31.2. The number of hydrogen-bond donors (Lipinski definition) is 3. The molecule has 218 valence electrons. The molecule has 0 amide bonds. The second-order valence-electron chi connectivity index (χ2n) is 11.1. The molecule has 0 aliphatic rings. The zero-order chi connectivity index (χ0) is 27.1. The van der Waals surface area contributed by atoms with Gasteiger partial charge in [0.15, 0.2) is 0 Å². The van der Waals surface area contributed by atoms with Gasteiger partial charge in [0.2, 0.25) is 0 Å². The van der Waals surface area contributed by atoms with Crippen molar-refractivity contribution in [1.29, 1.82) is 0 Å². The number of hydrogen-bond acceptors (Lipinski definition) is 6. The lowest BCUT2D eigenvalue weighted by molar-refractivity contribution is -0.870. The Labute approximate surface area is 222 Å². The number of rotatable bonds is 27. The van der Waals surface area contributed by atoms with Crippen molar-refractivity contribution in [1.82, 2.24) is 5.32 Å². The lowest BCUT2D eigenvalue weighted by Crippen LogP contribution is -2.44. The summed E-state index contributed by atoms with van der Waals surface area (Å²) >= 11 is 0. The van der Waals surface area contributed by atoms with Crippen LogP contribution in [0.1, 0.15) is 110 Å². The highest BCUT2D eigenvalue weighted by Gasteiger charge is 2.31. The number of unbranched alkanes of at least 4 members (excludes halogenated alkanes) is 15. The van der Waals surface area contributed by atoms with E-state index in [1.54, 1.807) is 0 Å². The first-order chi connectivity index (χ1) is 17.1. The topological polar surface area (TPSA) is 97.3 Å². The van der Waals surface area contributed by atoms with Gasteiger partial charge in [0.25, 0.3) is 0 Å². The number of aliphatic hydroxyl groups is 1. The molecule has 0 aliphatic carbocycles. The van der Waals surface area contributed by atoms with Crippen molar-refractivity contribution in [2.75, 3.05) is 54.6 Å². The van der Waals surface area contributed by atoms with Crippen LogP contribution in [0, 0.1) is 0 Å². The third kappa shape index (κ3) is 24.3. The van der Waals surface area contributed by atoms with Crippen LogP contribution < -0.4 is 5.32 Å². The van der Waals surface area contributed by atoms with Gasteiger partial charge in [0.1, 0.15) is 25.5 Å². The number of nitrogens with zero attached hydrogens (tertiary/aromatic N) is 1. The highest BCUT2D eigenvalue weighted by molar-refractivity contribution is 7.47. The summed E-state index contributed by atoms with van der Waals surface area (Å²) in [5.41, 5.74) is 0. The van der Waals surface area contributed by atoms with E-state index in [1.807, 2.05) is 21.1 Å². The van der Waals surface area contributed by atoms with E-state index in [0.717, 1.165) is 12.8 Å². The first kappa shape index (κ1) is 35.9. The monoisotopic (exact) mass is 539 g/mol. The second kappa shape index (κ2) is 22.9. The maximum atomic E-state index is 12.3. The standard InChI is InChI=1S/C27H59N2O6P/c1-6-7-8-9-10-11-12-13-14-15-16-17-18-19-20-21-22-28-27(26(30)25-33-5)35-36(31,32)34-24-23-29(2,3)4/h26-28,30H,6-25H2,1-5H3/p+1. The van der Waals surface area contributed by atoms with Gasteiger partial charge in [-0.25, -0.2) is 4.57 Å². The molecule has 0 fully saturated rings. The molecule has 9 heteroatoms. The van der Waals surface area contributed by atoms with Crippen LogP contribution >= 0.6 is 7.82 Å². The van der Waals surface area contributed by atoms with Crippen molar-refractivity contribution in [3.05, 3.63) is 0 Å². The van der Waals surface area contributed by atoms with Crippen molar-refractivity contribution in [2.24, 2.45) is 0 Å². The van der Waals surface area contributed by atoms with E-state index in [2.05, 4.69) is 12.2 Å². The average molecular weight is 540 g/mol. The maximum absolute atomic E-state index is 12.3. The van der Waals surface area contributed by atoms with E-state index in [9.17, 15) is 14.6 Å². The Morgan fingerprint density at radius 2 is 1.25 bits per heavy atom. The largest absolute Gasteiger partial charge is 0.474 e. The van der Waals surface area contributed by atoms with E-state index in [-0.39, 0.29) is 13.2 Å². The summed E-state index contributed by atoms with van der Waals surface area (Å²) in [7, 11) is 3.08. The van der Waals surface area contributed by atoms with Crippen LogP contribution in [0.2, 0.25) is 0 Å². The highest BCUT2D eigenvalue weighted by Crippen LogP contribution is 2.44. The molecule has 0 bridgehead atoms. The minimum atomic E-state index is -4.29. The fourth-order valence-corrected chi connectivity index (χ4v) is 4.90. The quantitative estimate of drug-likeness (QED) is 0.0509. The molecule has 3 atom stereocenters. The molecule has 3 N–H and O–H groups in total. The summed E-state index contributed by atoms with van der Waals surface area (Å²) in [5.74, 6) is 0. The molecule has 8 nitrogen and oxygen atoms in total. The second-order valence-corrected chi connectivity index (χ2v) is 12.5. The molecule has 36 heavy (non-hydrogen) atoms. The Morgan fingerprint density at radius 3 is 1.67 bits per heavy atom. The Kier molecular flexibility index (Phi) is 22.9. The van der Waals surface area contributed by atoms with Crippen LogP contribution in [0.5, 0.6) is 0 Å². The van der Waals surface area contributed by atoms with Gasteiger partial charge in [-0.3, -0.25) is 14.4 Å². The van der Waals surface area contributed by atoms with Crippen molar-refractivity contribution in [3.63, 3.8) is 0 Å². The van der Waals surface area contributed by atoms with Crippen molar-refractivity contribution in [2.45, 2.75) is 122 Å². The molecule has 0 aliphatic heterocycles. The fourth-order valence-electron chi connectivity index (χ4n) is 4.02. The molecular weight excluding hydrogens is 479 g/mol. The van der Waals surface area contributed by atoms with Crippen LogP contribution in [0.25, 0.3) is 0 Å². The van der Waals surface area contributed by atoms with Crippen LogP contribution in [0.3, 0.4) is 0 Å². The molecule has 3 unspecified atom stereocenters. The molecule has 0 radical (unpaired) electrons. The molecule has 0 spiro atoms. The van der Waals surface area contributed by atoms with E-state index in [4.69, 9.17) is 13.8 Å². The normalized spacial score (nSPS) is 15.6. The molecule has 0 aromatic heterocycles. The van der Waals surface area contributed by atoms with Gasteiger partial charge in [-0.15, -0.1) is 0 Å². The van der Waals surface area contributed by atoms with Gasteiger partial charge in [-0.05, 0) is 13.0 Å². The van der Waals surface area contributed by atoms with E-state index >= 15 is 0 Å². The van der Waals surface area contributed by atoms with E-state index in [0.29, 0.717) is 17.6 Å². The Hall–Kier alpha value is -0.0500. The summed E-state index contributed by atoms with van der Waals surface area (Å²) in [4.78, 5) is 10.1. The average Bonchev–Trinajstić information content (AvgIpc) is 2.79. The van der Waals surface area contributed by atoms with Crippen molar-refractivity contribution >= 4 is 7.82 Å². The first-order valence-corrected chi connectivity index (χ1v) is 16.0. The Morgan fingerprint density at radius 1 is 0.806 bits per heavy atom. The summed E-state index contributed by atoms with van der Waals surface area (Å²) in [6, 6.07) is 0. The van der Waals surface area contributed by atoms with Gasteiger partial charge in [-0.1, -0.05) is 103 Å². The van der Waals surface area contributed by atoms with Crippen LogP contribution in [0.15, 0.2) is 0 Å². The van der Waals surface area contributed by atoms with Gasteiger partial charge in [0.05, 0.1) is 27.7 Å². The van der Waals surface area contributed by atoms with Gasteiger partial charge < -0.3 is 19.2 Å². The zero-order valence-electron chi connectivity index (χ0n) is 24.2. The van der Waals surface area contributed by atoms with Crippen LogP contribution in [-0.4, -0.2) is 81.4 Å². The third-order valence-electron chi connectivity index (χ3n) is 6.33. The van der Waals surface area contributed by atoms with E-state index in [1.165, 1.54) is 97.0 Å². The lowest BCUT2D eigenvalue weighted by Gasteiger charge is -2.27. The predicted octanol–water partition coefficient (Wildman–Crippen LogP) is 6.01. The van der Waals surface area contributed by atoms with E-state index < -0.39 is 20.2 Å². The fraction of sp³-hybridized carbons (Fsp3) is 1.00. The molecule has 0 rings (SSSR count). The molecular formula is C27H60N2O6P+. The van der Waals surface area contributed by atoms with Gasteiger partial charge in [0, 0.05) is 7.11 Å². The maximum Gasteiger partial charge on any atom is 0.474 e. The summed E-state index contributed by atoms with van der Waals surface area (Å²) in [6.45, 7) is 3.50. The van der Waals surface area contributed by atoms with Gasteiger partial charge in [-0.2, -0.15) is 0 Å². The molecule has 0 heterocycles. The summed E-state index contributed by atoms with van der Waals surface area (Å²) in [6.07, 6.45) is 18.8. The predicted molar refractivity (Wildman–Crippen MR) is 149 cm³/mol. The lowest BCUT2D eigenvalue weighted by atomic mass is 10.0. The van der Waals surface area contributed by atoms with Gasteiger partial charge >= 0.3 is 7.82 Å². The smallest absolute Gasteiger partial charge is 0.387 e. The zero-order valence-corrected chi connectivity index (χ0v) is 25.1. The minimum absolute atomic E-state index is 0.00446. The summed E-state index contributed by atoms with van der Waals surface area (Å²) < 4.78 is 28.2. The van der Waals surface area contributed by atoms with Crippen LogP contribution in [0.4, 0.5) is 0 Å². The Bertz CT molecular complexity index is 533. The molecule has 0 aromatic carbocycles. The summed E-state index contributed by atoms with van der Waals surface area (Å²) in [5, 5.41) is 13.3. The number of methoxy groups -OCH3 is 1. The number of nitrogens with one attached hydrogen (secondary N) is 1. The molecule has 0 saturated heterocycles. The number of aliphatic hydroxyl groups excluding tert-OH is 1. The minimum Gasteiger partial charge on any atom is -0.387 e. The Balaban J connectivity index is 3.86. The molecule has 0 aromatic rings. The first-order valence-electron chi connectivity index (χ1n) is 14.5. The number of phosphoric ester groups is 1. The number of quaternary nitrogens is 1. The van der Waals surface area contributed by atoms with Crippen LogP contribution in [-0.2, 0) is 18.3 Å². The number of likely N-dealkylation sites (N-methyl/N-ethyl adjacent to an activating group) is 1. The number of ether oxygens (including phenoxy) is 1. The molecule has 0 saturated carbocycles. The van der Waals surface area contributed by atoms with Crippen molar-refractivity contribution in [3.8, 4) is 0 Å².